The Hall–Kier alpha value is -3.27. The summed E-state index contributed by atoms with van der Waals surface area (Å²) in [6.45, 7) is 2.55. The van der Waals surface area contributed by atoms with Gasteiger partial charge in [0.15, 0.2) is 0 Å². The van der Waals surface area contributed by atoms with Crippen molar-refractivity contribution < 1.29 is 9.53 Å². The first-order chi connectivity index (χ1) is 12.2. The van der Waals surface area contributed by atoms with Gasteiger partial charge in [-0.15, -0.1) is 0 Å². The number of amides is 2. The van der Waals surface area contributed by atoms with Crippen molar-refractivity contribution in [1.29, 1.82) is 0 Å². The number of ether oxygens (including phenoxy) is 1. The molecule has 0 saturated heterocycles. The van der Waals surface area contributed by atoms with E-state index in [-0.39, 0.29) is 6.03 Å². The standard InChI is InChI=1S/C21H20N2O2/c1-2-25-20-14-12-19(13-15-20)23-21(24)22-18-10-8-17(9-11-18)16-6-4-3-5-7-16/h3-15H,2H2,1H3,(H2,22,23,24). The average molecular weight is 332 g/mol. The van der Waals surface area contributed by atoms with Gasteiger partial charge in [0, 0.05) is 11.4 Å². The fourth-order valence-corrected chi connectivity index (χ4v) is 2.47. The molecule has 2 amide bonds. The Labute approximate surface area is 147 Å². The zero-order chi connectivity index (χ0) is 17.5. The number of urea groups is 1. The summed E-state index contributed by atoms with van der Waals surface area (Å²) in [5, 5.41) is 5.63. The lowest BCUT2D eigenvalue weighted by Crippen LogP contribution is -2.19. The predicted octanol–water partition coefficient (Wildman–Crippen LogP) is 5.40. The maximum absolute atomic E-state index is 12.1. The molecule has 0 spiro atoms. The van der Waals surface area contributed by atoms with E-state index in [0.29, 0.717) is 12.3 Å². The van der Waals surface area contributed by atoms with Crippen LogP contribution in [0.15, 0.2) is 78.9 Å². The molecule has 0 aliphatic heterocycles. The second-order valence-electron chi connectivity index (χ2n) is 5.48. The van der Waals surface area contributed by atoms with Crippen LogP contribution in [-0.4, -0.2) is 12.6 Å². The average Bonchev–Trinajstić information content (AvgIpc) is 2.65. The molecule has 0 bridgehead atoms. The molecular formula is C21H20N2O2. The largest absolute Gasteiger partial charge is 0.494 e. The van der Waals surface area contributed by atoms with Crippen molar-refractivity contribution in [1.82, 2.24) is 0 Å². The molecule has 4 heteroatoms. The zero-order valence-corrected chi connectivity index (χ0v) is 14.0. The summed E-state index contributed by atoms with van der Waals surface area (Å²) >= 11 is 0. The van der Waals surface area contributed by atoms with Crippen LogP contribution in [0.25, 0.3) is 11.1 Å². The van der Waals surface area contributed by atoms with Crippen LogP contribution in [0.5, 0.6) is 5.75 Å². The number of hydrogen-bond acceptors (Lipinski definition) is 2. The third-order valence-corrected chi connectivity index (χ3v) is 3.67. The molecule has 3 aromatic rings. The van der Waals surface area contributed by atoms with E-state index >= 15 is 0 Å². The summed E-state index contributed by atoms with van der Waals surface area (Å²) in [6, 6.07) is 24.9. The van der Waals surface area contributed by atoms with Crippen molar-refractivity contribution in [2.45, 2.75) is 6.92 Å². The molecule has 0 unspecified atom stereocenters. The molecule has 0 aromatic heterocycles. The Morgan fingerprint density at radius 1 is 0.760 bits per heavy atom. The highest BCUT2D eigenvalue weighted by atomic mass is 16.5. The minimum Gasteiger partial charge on any atom is -0.494 e. The predicted molar refractivity (Wildman–Crippen MR) is 102 cm³/mol. The number of rotatable bonds is 5. The highest BCUT2D eigenvalue weighted by Crippen LogP contribution is 2.21. The van der Waals surface area contributed by atoms with Crippen molar-refractivity contribution in [2.24, 2.45) is 0 Å². The number of nitrogens with one attached hydrogen (secondary N) is 2. The van der Waals surface area contributed by atoms with Crippen LogP contribution >= 0.6 is 0 Å². The van der Waals surface area contributed by atoms with Gasteiger partial charge in [0.2, 0.25) is 0 Å². The molecule has 25 heavy (non-hydrogen) atoms. The molecule has 0 fully saturated rings. The first-order valence-corrected chi connectivity index (χ1v) is 8.21. The Balaban J connectivity index is 1.59. The van der Waals surface area contributed by atoms with Gasteiger partial charge in [0.05, 0.1) is 6.61 Å². The number of carbonyl (C=O) groups is 1. The summed E-state index contributed by atoms with van der Waals surface area (Å²) < 4.78 is 5.38. The lowest BCUT2D eigenvalue weighted by Gasteiger charge is -2.09. The summed E-state index contributed by atoms with van der Waals surface area (Å²) in [5.74, 6) is 0.782. The smallest absolute Gasteiger partial charge is 0.323 e. The fourth-order valence-electron chi connectivity index (χ4n) is 2.47. The molecule has 4 nitrogen and oxygen atoms in total. The molecule has 0 aliphatic rings. The van der Waals surface area contributed by atoms with Gasteiger partial charge in [0.1, 0.15) is 5.75 Å². The second-order valence-corrected chi connectivity index (χ2v) is 5.48. The Morgan fingerprint density at radius 2 is 1.28 bits per heavy atom. The van der Waals surface area contributed by atoms with E-state index in [1.165, 1.54) is 0 Å². The van der Waals surface area contributed by atoms with Crippen LogP contribution in [0.2, 0.25) is 0 Å². The third kappa shape index (κ3) is 4.61. The molecule has 126 valence electrons. The third-order valence-electron chi connectivity index (χ3n) is 3.67. The molecule has 0 radical (unpaired) electrons. The minimum absolute atomic E-state index is 0.281. The van der Waals surface area contributed by atoms with Crippen LogP contribution in [0.1, 0.15) is 6.92 Å². The van der Waals surface area contributed by atoms with E-state index < -0.39 is 0 Å². The van der Waals surface area contributed by atoms with Crippen molar-refractivity contribution in [2.75, 3.05) is 17.2 Å². The van der Waals surface area contributed by atoms with Gasteiger partial charge in [-0.05, 0) is 54.4 Å². The summed E-state index contributed by atoms with van der Waals surface area (Å²) in [6.07, 6.45) is 0. The number of hydrogen-bond donors (Lipinski definition) is 2. The van der Waals surface area contributed by atoms with Gasteiger partial charge in [0.25, 0.3) is 0 Å². The summed E-state index contributed by atoms with van der Waals surface area (Å²) in [7, 11) is 0. The molecule has 0 aliphatic carbocycles. The Morgan fingerprint density at radius 3 is 1.84 bits per heavy atom. The highest BCUT2D eigenvalue weighted by molar-refractivity contribution is 5.99. The van der Waals surface area contributed by atoms with Crippen LogP contribution in [0.3, 0.4) is 0 Å². The van der Waals surface area contributed by atoms with Gasteiger partial charge in [-0.25, -0.2) is 4.79 Å². The molecule has 3 rings (SSSR count). The topological polar surface area (TPSA) is 50.4 Å². The number of carbonyl (C=O) groups excluding carboxylic acids is 1. The first-order valence-electron chi connectivity index (χ1n) is 8.21. The van der Waals surface area contributed by atoms with E-state index in [4.69, 9.17) is 4.74 Å². The quantitative estimate of drug-likeness (QED) is 0.657. The van der Waals surface area contributed by atoms with Gasteiger partial charge in [-0.2, -0.15) is 0 Å². The zero-order valence-electron chi connectivity index (χ0n) is 14.0. The maximum atomic E-state index is 12.1. The lowest BCUT2D eigenvalue weighted by atomic mass is 10.1. The van der Waals surface area contributed by atoms with Gasteiger partial charge < -0.3 is 15.4 Å². The molecule has 0 heterocycles. The SMILES string of the molecule is CCOc1ccc(NC(=O)Nc2ccc(-c3ccccc3)cc2)cc1. The number of benzene rings is 3. The van der Waals surface area contributed by atoms with Crippen LogP contribution in [-0.2, 0) is 0 Å². The van der Waals surface area contributed by atoms with Gasteiger partial charge >= 0.3 is 6.03 Å². The van der Waals surface area contributed by atoms with Gasteiger partial charge in [-0.1, -0.05) is 42.5 Å². The molecule has 0 atom stereocenters. The highest BCUT2D eigenvalue weighted by Gasteiger charge is 2.04. The minimum atomic E-state index is -0.281. The molecule has 0 saturated carbocycles. The normalized spacial score (nSPS) is 10.1. The van der Waals surface area contributed by atoms with Gasteiger partial charge in [-0.3, -0.25) is 0 Å². The summed E-state index contributed by atoms with van der Waals surface area (Å²) in [4.78, 5) is 12.1. The van der Waals surface area contributed by atoms with E-state index in [1.807, 2.05) is 73.7 Å². The maximum Gasteiger partial charge on any atom is 0.323 e. The monoisotopic (exact) mass is 332 g/mol. The van der Waals surface area contributed by atoms with E-state index in [0.717, 1.165) is 22.6 Å². The van der Waals surface area contributed by atoms with Crippen LogP contribution in [0.4, 0.5) is 16.2 Å². The van der Waals surface area contributed by atoms with Crippen LogP contribution in [0, 0.1) is 0 Å². The van der Waals surface area contributed by atoms with E-state index in [9.17, 15) is 4.79 Å². The molecule has 2 N–H and O–H groups in total. The lowest BCUT2D eigenvalue weighted by molar-refractivity contribution is 0.262. The fraction of sp³-hybridized carbons (Fsp3) is 0.0952. The summed E-state index contributed by atoms with van der Waals surface area (Å²) in [5.41, 5.74) is 3.70. The Bertz CT molecular complexity index is 813. The molecule has 3 aromatic carbocycles. The second kappa shape index (κ2) is 8.02. The van der Waals surface area contributed by atoms with Crippen molar-refractivity contribution >= 4 is 17.4 Å². The number of anilines is 2. The Kier molecular flexibility index (Phi) is 5.32. The van der Waals surface area contributed by atoms with Crippen molar-refractivity contribution in [3.63, 3.8) is 0 Å². The van der Waals surface area contributed by atoms with Crippen molar-refractivity contribution in [3.05, 3.63) is 78.9 Å². The first kappa shape index (κ1) is 16.6. The van der Waals surface area contributed by atoms with E-state index in [2.05, 4.69) is 22.8 Å². The van der Waals surface area contributed by atoms with Crippen LogP contribution < -0.4 is 15.4 Å². The van der Waals surface area contributed by atoms with Crippen molar-refractivity contribution in [3.8, 4) is 16.9 Å². The van der Waals surface area contributed by atoms with E-state index in [1.54, 1.807) is 0 Å². The molecular weight excluding hydrogens is 312 g/mol.